The Bertz CT molecular complexity index is 620. The summed E-state index contributed by atoms with van der Waals surface area (Å²) in [6.45, 7) is 1.83. The third-order valence-electron chi connectivity index (χ3n) is 3.30. The van der Waals surface area contributed by atoms with E-state index >= 15 is 0 Å². The first-order valence-corrected chi connectivity index (χ1v) is 6.75. The molecule has 0 heterocycles. The van der Waals surface area contributed by atoms with Crippen molar-refractivity contribution in [3.8, 4) is 0 Å². The molecule has 0 aliphatic rings. The van der Waals surface area contributed by atoms with Gasteiger partial charge in [0, 0.05) is 11.4 Å². The Hall–Kier alpha value is -1.52. The van der Waals surface area contributed by atoms with Crippen LogP contribution in [0.4, 0.5) is 13.2 Å². The van der Waals surface area contributed by atoms with E-state index in [0.29, 0.717) is 10.6 Å². The third kappa shape index (κ3) is 3.99. The van der Waals surface area contributed by atoms with Crippen LogP contribution >= 0.6 is 11.6 Å². The van der Waals surface area contributed by atoms with Crippen LogP contribution in [0.15, 0.2) is 42.5 Å². The number of benzene rings is 2. The Morgan fingerprint density at radius 2 is 1.71 bits per heavy atom. The number of rotatable bonds is 3. The van der Waals surface area contributed by atoms with E-state index in [2.05, 4.69) is 0 Å². The quantitative estimate of drug-likeness (QED) is 0.850. The van der Waals surface area contributed by atoms with E-state index in [1.54, 1.807) is 18.2 Å². The standard InChI is InChI=1S/C16H14ClF3O/c1-10-8-13(17)6-7-14(10)15(21)9-11-2-4-12(5-3-11)16(18,19)20/h2-8,15,21H,9H2,1H3. The number of hydrogen-bond donors (Lipinski definition) is 1. The minimum Gasteiger partial charge on any atom is -0.388 e. The van der Waals surface area contributed by atoms with Crippen molar-refractivity contribution in [1.82, 2.24) is 0 Å². The normalized spacial score (nSPS) is 13.2. The molecule has 0 saturated carbocycles. The molecule has 0 aliphatic carbocycles. The number of aliphatic hydroxyl groups excluding tert-OH is 1. The molecule has 0 radical (unpaired) electrons. The van der Waals surface area contributed by atoms with E-state index in [-0.39, 0.29) is 6.42 Å². The van der Waals surface area contributed by atoms with Crippen molar-refractivity contribution < 1.29 is 18.3 Å². The highest BCUT2D eigenvalue weighted by molar-refractivity contribution is 6.30. The summed E-state index contributed by atoms with van der Waals surface area (Å²) in [4.78, 5) is 0. The molecular weight excluding hydrogens is 301 g/mol. The highest BCUT2D eigenvalue weighted by Crippen LogP contribution is 2.30. The second-order valence-electron chi connectivity index (χ2n) is 4.92. The van der Waals surface area contributed by atoms with E-state index in [4.69, 9.17) is 11.6 Å². The van der Waals surface area contributed by atoms with Gasteiger partial charge in [-0.2, -0.15) is 13.2 Å². The van der Waals surface area contributed by atoms with Gasteiger partial charge in [-0.25, -0.2) is 0 Å². The van der Waals surface area contributed by atoms with Crippen LogP contribution in [0.2, 0.25) is 5.02 Å². The Morgan fingerprint density at radius 1 is 1.10 bits per heavy atom. The topological polar surface area (TPSA) is 20.2 Å². The van der Waals surface area contributed by atoms with E-state index in [1.165, 1.54) is 12.1 Å². The number of aryl methyl sites for hydroxylation is 1. The van der Waals surface area contributed by atoms with Crippen LogP contribution in [0.25, 0.3) is 0 Å². The fourth-order valence-electron chi connectivity index (χ4n) is 2.18. The lowest BCUT2D eigenvalue weighted by Gasteiger charge is -2.15. The molecule has 1 unspecified atom stereocenters. The Kier molecular flexibility index (Phi) is 4.59. The highest BCUT2D eigenvalue weighted by Gasteiger charge is 2.30. The van der Waals surface area contributed by atoms with Gasteiger partial charge in [-0.15, -0.1) is 0 Å². The predicted molar refractivity (Wildman–Crippen MR) is 76.3 cm³/mol. The zero-order valence-corrected chi connectivity index (χ0v) is 12.0. The van der Waals surface area contributed by atoms with Crippen LogP contribution < -0.4 is 0 Å². The summed E-state index contributed by atoms with van der Waals surface area (Å²) in [5, 5.41) is 10.8. The lowest BCUT2D eigenvalue weighted by atomic mass is 9.97. The summed E-state index contributed by atoms with van der Waals surface area (Å²) in [6.07, 6.45) is -4.87. The van der Waals surface area contributed by atoms with E-state index in [0.717, 1.165) is 23.3 Å². The molecule has 21 heavy (non-hydrogen) atoms. The van der Waals surface area contributed by atoms with Gasteiger partial charge in [-0.1, -0.05) is 29.8 Å². The second-order valence-corrected chi connectivity index (χ2v) is 5.35. The lowest BCUT2D eigenvalue weighted by molar-refractivity contribution is -0.137. The maximum Gasteiger partial charge on any atom is 0.416 e. The Balaban J connectivity index is 2.14. The smallest absolute Gasteiger partial charge is 0.388 e. The van der Waals surface area contributed by atoms with Gasteiger partial charge in [0.05, 0.1) is 11.7 Å². The zero-order valence-electron chi connectivity index (χ0n) is 11.3. The average Bonchev–Trinajstić information content (AvgIpc) is 2.38. The molecule has 2 aromatic carbocycles. The SMILES string of the molecule is Cc1cc(Cl)ccc1C(O)Cc1ccc(C(F)(F)F)cc1. The van der Waals surface area contributed by atoms with Gasteiger partial charge in [-0.05, 0) is 47.9 Å². The molecule has 1 N–H and O–H groups in total. The van der Waals surface area contributed by atoms with Crippen molar-refractivity contribution in [1.29, 1.82) is 0 Å². The van der Waals surface area contributed by atoms with Gasteiger partial charge in [0.1, 0.15) is 0 Å². The lowest BCUT2D eigenvalue weighted by Crippen LogP contribution is -2.06. The molecular formula is C16H14ClF3O. The summed E-state index contributed by atoms with van der Waals surface area (Å²) in [7, 11) is 0. The van der Waals surface area contributed by atoms with Crippen molar-refractivity contribution in [3.05, 3.63) is 69.7 Å². The first kappa shape index (κ1) is 15.9. The van der Waals surface area contributed by atoms with Crippen molar-refractivity contribution in [3.63, 3.8) is 0 Å². The molecule has 2 aromatic rings. The van der Waals surface area contributed by atoms with Gasteiger partial charge >= 0.3 is 6.18 Å². The van der Waals surface area contributed by atoms with Crippen molar-refractivity contribution in [2.24, 2.45) is 0 Å². The molecule has 1 atom stereocenters. The molecule has 112 valence electrons. The molecule has 1 nitrogen and oxygen atoms in total. The van der Waals surface area contributed by atoms with Crippen LogP contribution in [0.3, 0.4) is 0 Å². The van der Waals surface area contributed by atoms with Gasteiger partial charge in [0.15, 0.2) is 0 Å². The maximum absolute atomic E-state index is 12.5. The average molecular weight is 315 g/mol. The van der Waals surface area contributed by atoms with Crippen molar-refractivity contribution in [2.75, 3.05) is 0 Å². The fourth-order valence-corrected chi connectivity index (χ4v) is 2.40. The maximum atomic E-state index is 12.5. The minimum atomic E-state index is -4.34. The van der Waals surface area contributed by atoms with Crippen molar-refractivity contribution >= 4 is 11.6 Å². The summed E-state index contributed by atoms with van der Waals surface area (Å²) < 4.78 is 37.4. The van der Waals surface area contributed by atoms with E-state index in [9.17, 15) is 18.3 Å². The van der Waals surface area contributed by atoms with Crippen LogP contribution in [-0.4, -0.2) is 5.11 Å². The fraction of sp³-hybridized carbons (Fsp3) is 0.250. The molecule has 0 aliphatic heterocycles. The molecule has 0 amide bonds. The number of alkyl halides is 3. The molecule has 0 bridgehead atoms. The van der Waals surface area contributed by atoms with Gasteiger partial charge in [0.25, 0.3) is 0 Å². The zero-order chi connectivity index (χ0) is 15.6. The first-order valence-electron chi connectivity index (χ1n) is 6.37. The van der Waals surface area contributed by atoms with E-state index in [1.807, 2.05) is 6.92 Å². The summed E-state index contributed by atoms with van der Waals surface area (Å²) >= 11 is 5.85. The van der Waals surface area contributed by atoms with Gasteiger partial charge in [0.2, 0.25) is 0 Å². The minimum absolute atomic E-state index is 0.251. The number of halogens is 4. The third-order valence-corrected chi connectivity index (χ3v) is 3.54. The van der Waals surface area contributed by atoms with Crippen LogP contribution in [0, 0.1) is 6.92 Å². The predicted octanol–water partition coefficient (Wildman–Crippen LogP) is 4.94. The second kappa shape index (κ2) is 6.08. The monoisotopic (exact) mass is 314 g/mol. The van der Waals surface area contributed by atoms with Crippen molar-refractivity contribution in [2.45, 2.75) is 25.6 Å². The summed E-state index contributed by atoms with van der Waals surface area (Å²) in [6, 6.07) is 9.97. The molecule has 0 spiro atoms. The van der Waals surface area contributed by atoms with E-state index < -0.39 is 17.8 Å². The molecule has 5 heteroatoms. The van der Waals surface area contributed by atoms with Gasteiger partial charge < -0.3 is 5.11 Å². The van der Waals surface area contributed by atoms with Crippen LogP contribution in [-0.2, 0) is 12.6 Å². The molecule has 0 aromatic heterocycles. The van der Waals surface area contributed by atoms with Crippen LogP contribution in [0.5, 0.6) is 0 Å². The molecule has 0 saturated heterocycles. The molecule has 0 fully saturated rings. The summed E-state index contributed by atoms with van der Waals surface area (Å²) in [5.41, 5.74) is 1.52. The Labute approximate surface area is 126 Å². The van der Waals surface area contributed by atoms with Crippen LogP contribution in [0.1, 0.15) is 28.4 Å². The Morgan fingerprint density at radius 3 is 2.24 bits per heavy atom. The first-order chi connectivity index (χ1) is 9.77. The number of aliphatic hydroxyl groups is 1. The molecule has 2 rings (SSSR count). The summed E-state index contributed by atoms with van der Waals surface area (Å²) in [5.74, 6) is 0. The highest BCUT2D eigenvalue weighted by atomic mass is 35.5. The van der Waals surface area contributed by atoms with Gasteiger partial charge in [-0.3, -0.25) is 0 Å². The number of hydrogen-bond acceptors (Lipinski definition) is 1. The largest absolute Gasteiger partial charge is 0.416 e.